The minimum absolute atomic E-state index is 0.0378. The summed E-state index contributed by atoms with van der Waals surface area (Å²) in [4.78, 5) is 20.8. The van der Waals surface area contributed by atoms with Crippen molar-refractivity contribution >= 4 is 12.4 Å². The Bertz CT molecular complexity index is 191. The van der Waals surface area contributed by atoms with Crippen molar-refractivity contribution in [3.8, 4) is 0 Å². The van der Waals surface area contributed by atoms with E-state index in [0.29, 0.717) is 18.7 Å². The van der Waals surface area contributed by atoms with Gasteiger partial charge in [-0.3, -0.25) is 9.59 Å². The van der Waals surface area contributed by atoms with Gasteiger partial charge in [-0.05, 0) is 19.3 Å². The number of hydrogen-bond acceptors (Lipinski definition) is 2. The second kappa shape index (κ2) is 4.84. The summed E-state index contributed by atoms with van der Waals surface area (Å²) in [6.07, 6.45) is 1.19. The van der Waals surface area contributed by atoms with E-state index in [0.717, 1.165) is 0 Å². The van der Waals surface area contributed by atoms with Crippen molar-refractivity contribution in [2.45, 2.75) is 39.2 Å². The van der Waals surface area contributed by atoms with Gasteiger partial charge in [0.1, 0.15) is 0 Å². The first-order valence-electron chi connectivity index (χ1n) is 4.33. The summed E-state index contributed by atoms with van der Waals surface area (Å²) < 4.78 is 0. The summed E-state index contributed by atoms with van der Waals surface area (Å²) in [5.74, 6) is -0.533. The largest absolute Gasteiger partial charge is 0.481 e. The van der Waals surface area contributed by atoms with Crippen molar-refractivity contribution in [2.24, 2.45) is 5.92 Å². The van der Waals surface area contributed by atoms with Crippen LogP contribution in [0.1, 0.15) is 33.6 Å². The van der Waals surface area contributed by atoms with E-state index in [-0.39, 0.29) is 6.42 Å². The first kappa shape index (κ1) is 11.9. The molecule has 0 heterocycles. The van der Waals surface area contributed by atoms with E-state index in [1.807, 2.05) is 13.8 Å². The molecule has 1 amide bonds. The molecule has 1 unspecified atom stereocenters. The SMILES string of the molecule is CC(C)CC(C)(CC(=O)O)NC=O. The molecule has 0 aromatic rings. The Morgan fingerprint density at radius 1 is 1.62 bits per heavy atom. The molecular formula is C9H17NO3. The smallest absolute Gasteiger partial charge is 0.305 e. The van der Waals surface area contributed by atoms with Crippen LogP contribution < -0.4 is 5.32 Å². The minimum Gasteiger partial charge on any atom is -0.481 e. The first-order chi connectivity index (χ1) is 5.89. The van der Waals surface area contributed by atoms with Crippen LogP contribution >= 0.6 is 0 Å². The third-order valence-corrected chi connectivity index (χ3v) is 1.81. The fourth-order valence-corrected chi connectivity index (χ4v) is 1.56. The number of hydrogen-bond donors (Lipinski definition) is 2. The lowest BCUT2D eigenvalue weighted by molar-refractivity contribution is -0.138. The highest BCUT2D eigenvalue weighted by Gasteiger charge is 2.27. The first-order valence-corrected chi connectivity index (χ1v) is 4.33. The Balaban J connectivity index is 4.31. The zero-order valence-corrected chi connectivity index (χ0v) is 8.33. The van der Waals surface area contributed by atoms with Gasteiger partial charge in [0.2, 0.25) is 6.41 Å². The standard InChI is InChI=1S/C9H17NO3/c1-7(2)4-9(3,10-6-11)5-8(12)13/h6-7H,4-5H2,1-3H3,(H,10,11)(H,12,13). The van der Waals surface area contributed by atoms with Crippen LogP contribution in [-0.2, 0) is 9.59 Å². The maximum Gasteiger partial charge on any atom is 0.305 e. The summed E-state index contributed by atoms with van der Waals surface area (Å²) >= 11 is 0. The molecule has 1 atom stereocenters. The number of aliphatic carboxylic acids is 1. The van der Waals surface area contributed by atoms with Gasteiger partial charge in [0.05, 0.1) is 6.42 Å². The van der Waals surface area contributed by atoms with Crippen LogP contribution in [0, 0.1) is 5.92 Å². The second-order valence-corrected chi connectivity index (χ2v) is 3.99. The fourth-order valence-electron chi connectivity index (χ4n) is 1.56. The van der Waals surface area contributed by atoms with Gasteiger partial charge in [-0.15, -0.1) is 0 Å². The van der Waals surface area contributed by atoms with Gasteiger partial charge in [-0.1, -0.05) is 13.8 Å². The zero-order chi connectivity index (χ0) is 10.5. The Hall–Kier alpha value is -1.06. The van der Waals surface area contributed by atoms with E-state index >= 15 is 0 Å². The third kappa shape index (κ3) is 5.22. The molecule has 0 fully saturated rings. The van der Waals surface area contributed by atoms with Gasteiger partial charge in [0.15, 0.2) is 0 Å². The predicted octanol–water partition coefficient (Wildman–Crippen LogP) is 1.01. The van der Waals surface area contributed by atoms with E-state index in [1.165, 1.54) is 0 Å². The van der Waals surface area contributed by atoms with Crippen molar-refractivity contribution < 1.29 is 14.7 Å². The molecule has 0 aliphatic carbocycles. The number of rotatable bonds is 6. The Kier molecular flexibility index (Phi) is 4.45. The highest BCUT2D eigenvalue weighted by atomic mass is 16.4. The molecule has 2 N–H and O–H groups in total. The predicted molar refractivity (Wildman–Crippen MR) is 49.3 cm³/mol. The number of nitrogens with one attached hydrogen (secondary N) is 1. The lowest BCUT2D eigenvalue weighted by Crippen LogP contribution is -2.44. The molecule has 0 saturated heterocycles. The maximum atomic E-state index is 10.5. The number of carboxylic acid groups (broad SMARTS) is 1. The van der Waals surface area contributed by atoms with E-state index in [1.54, 1.807) is 6.92 Å². The van der Waals surface area contributed by atoms with E-state index in [9.17, 15) is 9.59 Å². The van der Waals surface area contributed by atoms with Crippen LogP contribution in [-0.4, -0.2) is 23.0 Å². The molecular weight excluding hydrogens is 170 g/mol. The molecule has 0 spiro atoms. The van der Waals surface area contributed by atoms with Crippen molar-refractivity contribution in [2.75, 3.05) is 0 Å². The maximum absolute atomic E-state index is 10.5. The summed E-state index contributed by atoms with van der Waals surface area (Å²) in [5.41, 5.74) is -0.623. The molecule has 0 radical (unpaired) electrons. The van der Waals surface area contributed by atoms with Crippen molar-refractivity contribution in [3.05, 3.63) is 0 Å². The Labute approximate surface area is 78.3 Å². The lowest BCUT2D eigenvalue weighted by Gasteiger charge is -2.28. The van der Waals surface area contributed by atoms with Gasteiger partial charge < -0.3 is 10.4 Å². The molecule has 0 rings (SSSR count). The molecule has 13 heavy (non-hydrogen) atoms. The van der Waals surface area contributed by atoms with Crippen LogP contribution in [0.15, 0.2) is 0 Å². The zero-order valence-electron chi connectivity index (χ0n) is 8.33. The van der Waals surface area contributed by atoms with E-state index in [2.05, 4.69) is 5.32 Å². The molecule has 0 bridgehead atoms. The molecule has 0 aromatic carbocycles. The van der Waals surface area contributed by atoms with Gasteiger partial charge in [0.25, 0.3) is 0 Å². The molecule has 0 aliphatic heterocycles. The van der Waals surface area contributed by atoms with Gasteiger partial charge >= 0.3 is 5.97 Å². The molecule has 0 saturated carbocycles. The molecule has 76 valence electrons. The lowest BCUT2D eigenvalue weighted by atomic mass is 9.88. The normalized spacial score (nSPS) is 15.1. The number of amides is 1. The van der Waals surface area contributed by atoms with Crippen molar-refractivity contribution in [1.29, 1.82) is 0 Å². The highest BCUT2D eigenvalue weighted by Crippen LogP contribution is 2.19. The van der Waals surface area contributed by atoms with Crippen LogP contribution in [0.4, 0.5) is 0 Å². The fraction of sp³-hybridized carbons (Fsp3) is 0.778. The third-order valence-electron chi connectivity index (χ3n) is 1.81. The van der Waals surface area contributed by atoms with Crippen LogP contribution in [0.3, 0.4) is 0 Å². The van der Waals surface area contributed by atoms with Crippen molar-refractivity contribution in [1.82, 2.24) is 5.32 Å². The summed E-state index contributed by atoms with van der Waals surface area (Å²) in [6, 6.07) is 0. The number of carbonyl (C=O) groups is 2. The Morgan fingerprint density at radius 3 is 2.46 bits per heavy atom. The summed E-state index contributed by atoms with van der Waals surface area (Å²) in [7, 11) is 0. The molecule has 0 aromatic heterocycles. The monoisotopic (exact) mass is 187 g/mol. The van der Waals surface area contributed by atoms with Crippen LogP contribution in [0.5, 0.6) is 0 Å². The second-order valence-electron chi connectivity index (χ2n) is 3.99. The molecule has 4 nitrogen and oxygen atoms in total. The minimum atomic E-state index is -0.891. The van der Waals surface area contributed by atoms with Gasteiger partial charge in [-0.25, -0.2) is 0 Å². The summed E-state index contributed by atoms with van der Waals surface area (Å²) in [5, 5.41) is 11.2. The highest BCUT2D eigenvalue weighted by molar-refractivity contribution is 5.69. The Morgan fingerprint density at radius 2 is 2.15 bits per heavy atom. The number of carboxylic acids is 1. The van der Waals surface area contributed by atoms with E-state index < -0.39 is 11.5 Å². The van der Waals surface area contributed by atoms with E-state index in [4.69, 9.17) is 5.11 Å². The topological polar surface area (TPSA) is 66.4 Å². The quantitative estimate of drug-likeness (QED) is 0.610. The summed E-state index contributed by atoms with van der Waals surface area (Å²) in [6.45, 7) is 5.73. The van der Waals surface area contributed by atoms with Crippen molar-refractivity contribution in [3.63, 3.8) is 0 Å². The van der Waals surface area contributed by atoms with Crippen LogP contribution in [0.25, 0.3) is 0 Å². The van der Waals surface area contributed by atoms with Gasteiger partial charge in [-0.2, -0.15) is 0 Å². The molecule has 4 heteroatoms. The molecule has 0 aliphatic rings. The van der Waals surface area contributed by atoms with Crippen LogP contribution in [0.2, 0.25) is 0 Å². The average molecular weight is 187 g/mol. The average Bonchev–Trinajstić information content (AvgIpc) is 1.81. The number of carbonyl (C=O) groups excluding carboxylic acids is 1. The van der Waals surface area contributed by atoms with Gasteiger partial charge in [0, 0.05) is 5.54 Å².